The molecule has 2 aromatic rings. The summed E-state index contributed by atoms with van der Waals surface area (Å²) in [7, 11) is 0. The van der Waals surface area contributed by atoms with Crippen molar-refractivity contribution >= 4 is 16.9 Å². The van der Waals surface area contributed by atoms with Gasteiger partial charge in [-0.2, -0.15) is 0 Å². The number of rotatable bonds is 6. The van der Waals surface area contributed by atoms with Gasteiger partial charge in [0.25, 0.3) is 5.91 Å². The Kier molecular flexibility index (Phi) is 4.86. The second-order valence-electron chi connectivity index (χ2n) is 6.14. The Balaban J connectivity index is 1.65. The van der Waals surface area contributed by atoms with Gasteiger partial charge in [0.05, 0.1) is 0 Å². The molecule has 1 atom stereocenters. The highest BCUT2D eigenvalue weighted by atomic mass is 16.5. The van der Waals surface area contributed by atoms with Crippen LogP contribution in [0.1, 0.15) is 37.5 Å². The zero-order valence-electron chi connectivity index (χ0n) is 13.4. The van der Waals surface area contributed by atoms with E-state index in [-0.39, 0.29) is 25.2 Å². The van der Waals surface area contributed by atoms with Crippen molar-refractivity contribution in [3.63, 3.8) is 0 Å². The zero-order valence-corrected chi connectivity index (χ0v) is 13.4. The number of hydrogen-bond donors (Lipinski definition) is 2. The van der Waals surface area contributed by atoms with E-state index in [0.29, 0.717) is 12.2 Å². The predicted octanol–water partition coefficient (Wildman–Crippen LogP) is 2.58. The maximum Gasteiger partial charge on any atom is 0.258 e. The van der Waals surface area contributed by atoms with Gasteiger partial charge in [-0.05, 0) is 50.8 Å². The number of nitrogens with one attached hydrogen (secondary N) is 1. The standard InChI is InChI=1S/C18H23NO4/c1-12(8-9-20)19-18(21)11-22-13-6-7-17-15(10-13)14-4-2-3-5-16(14)23-17/h6-7,10,12,20H,2-5,8-9,11H2,1H3,(H,19,21). The average Bonchev–Trinajstić information content (AvgIpc) is 2.91. The van der Waals surface area contributed by atoms with Crippen LogP contribution in [0.4, 0.5) is 0 Å². The monoisotopic (exact) mass is 317 g/mol. The molecule has 1 heterocycles. The van der Waals surface area contributed by atoms with E-state index >= 15 is 0 Å². The molecule has 1 aromatic carbocycles. The Labute approximate surface area is 135 Å². The van der Waals surface area contributed by atoms with Gasteiger partial charge in [0.2, 0.25) is 0 Å². The number of fused-ring (bicyclic) bond motifs is 3. The van der Waals surface area contributed by atoms with Crippen LogP contribution in [0.3, 0.4) is 0 Å². The predicted molar refractivity (Wildman–Crippen MR) is 87.7 cm³/mol. The molecule has 1 aromatic heterocycles. The van der Waals surface area contributed by atoms with Gasteiger partial charge in [-0.25, -0.2) is 0 Å². The van der Waals surface area contributed by atoms with E-state index in [0.717, 1.165) is 29.6 Å². The molecule has 0 saturated heterocycles. The van der Waals surface area contributed by atoms with Crippen LogP contribution in [0.5, 0.6) is 5.75 Å². The van der Waals surface area contributed by atoms with Crippen LogP contribution in [-0.2, 0) is 17.6 Å². The number of ether oxygens (including phenoxy) is 1. The second kappa shape index (κ2) is 7.04. The molecule has 1 aliphatic carbocycles. The van der Waals surface area contributed by atoms with Crippen molar-refractivity contribution in [3.8, 4) is 5.75 Å². The fraction of sp³-hybridized carbons (Fsp3) is 0.500. The van der Waals surface area contributed by atoms with Gasteiger partial charge in [-0.1, -0.05) is 0 Å². The topological polar surface area (TPSA) is 71.7 Å². The third kappa shape index (κ3) is 3.67. The van der Waals surface area contributed by atoms with Gasteiger partial charge in [0.1, 0.15) is 17.1 Å². The molecule has 0 saturated carbocycles. The molecule has 124 valence electrons. The van der Waals surface area contributed by atoms with E-state index in [1.165, 1.54) is 18.4 Å². The Morgan fingerprint density at radius 3 is 3.04 bits per heavy atom. The molecule has 2 N–H and O–H groups in total. The first-order valence-corrected chi connectivity index (χ1v) is 8.24. The molecule has 0 aliphatic heterocycles. The number of carbonyl (C=O) groups is 1. The van der Waals surface area contributed by atoms with Gasteiger partial charge in [0, 0.05) is 30.0 Å². The van der Waals surface area contributed by atoms with Crippen molar-refractivity contribution in [3.05, 3.63) is 29.5 Å². The number of hydrogen-bond acceptors (Lipinski definition) is 4. The third-order valence-corrected chi connectivity index (χ3v) is 4.27. The molecule has 1 amide bonds. The summed E-state index contributed by atoms with van der Waals surface area (Å²) in [5.41, 5.74) is 2.18. The van der Waals surface area contributed by atoms with E-state index in [4.69, 9.17) is 14.3 Å². The number of aryl methyl sites for hydroxylation is 2. The van der Waals surface area contributed by atoms with Gasteiger partial charge in [-0.3, -0.25) is 4.79 Å². The SMILES string of the molecule is CC(CCO)NC(=O)COc1ccc2oc3c(c2c1)CCCC3. The normalized spacial score (nSPS) is 15.2. The largest absolute Gasteiger partial charge is 0.484 e. The van der Waals surface area contributed by atoms with Crippen LogP contribution in [0.2, 0.25) is 0 Å². The molecule has 3 rings (SSSR count). The zero-order chi connectivity index (χ0) is 16.2. The van der Waals surface area contributed by atoms with E-state index in [2.05, 4.69) is 5.32 Å². The van der Waals surface area contributed by atoms with Crippen LogP contribution in [0.15, 0.2) is 22.6 Å². The van der Waals surface area contributed by atoms with Gasteiger partial charge < -0.3 is 19.6 Å². The minimum absolute atomic E-state index is 0.0265. The minimum atomic E-state index is -0.180. The first-order valence-electron chi connectivity index (χ1n) is 8.24. The van der Waals surface area contributed by atoms with Crippen molar-refractivity contribution in [1.29, 1.82) is 0 Å². The average molecular weight is 317 g/mol. The second-order valence-corrected chi connectivity index (χ2v) is 6.14. The molecule has 1 aliphatic rings. The van der Waals surface area contributed by atoms with Crippen molar-refractivity contribution in [2.75, 3.05) is 13.2 Å². The van der Waals surface area contributed by atoms with E-state index < -0.39 is 0 Å². The maximum atomic E-state index is 11.8. The van der Waals surface area contributed by atoms with Crippen LogP contribution in [-0.4, -0.2) is 30.3 Å². The lowest BCUT2D eigenvalue weighted by Crippen LogP contribution is -2.36. The highest BCUT2D eigenvalue weighted by Crippen LogP contribution is 2.33. The summed E-state index contributed by atoms with van der Waals surface area (Å²) in [6.45, 7) is 1.89. The first kappa shape index (κ1) is 15.9. The number of furan rings is 1. The molecule has 5 nitrogen and oxygen atoms in total. The van der Waals surface area contributed by atoms with Crippen molar-refractivity contribution in [2.45, 2.75) is 45.1 Å². The molecule has 0 radical (unpaired) electrons. The number of aliphatic hydroxyl groups excluding tert-OH is 1. The van der Waals surface area contributed by atoms with Gasteiger partial charge in [-0.15, -0.1) is 0 Å². The lowest BCUT2D eigenvalue weighted by Gasteiger charge is -2.13. The Bertz CT molecular complexity index is 692. The fourth-order valence-corrected chi connectivity index (χ4v) is 3.06. The number of benzene rings is 1. The number of carbonyl (C=O) groups excluding carboxylic acids is 1. The Hall–Kier alpha value is -2.01. The summed E-state index contributed by atoms with van der Waals surface area (Å²) < 4.78 is 11.5. The molecule has 0 spiro atoms. The maximum absolute atomic E-state index is 11.8. The summed E-state index contributed by atoms with van der Waals surface area (Å²) >= 11 is 0. The fourth-order valence-electron chi connectivity index (χ4n) is 3.06. The van der Waals surface area contributed by atoms with Crippen LogP contribution >= 0.6 is 0 Å². The van der Waals surface area contributed by atoms with Crippen molar-refractivity contribution < 1.29 is 19.1 Å². The number of amides is 1. The van der Waals surface area contributed by atoms with Crippen molar-refractivity contribution in [2.24, 2.45) is 0 Å². The van der Waals surface area contributed by atoms with Gasteiger partial charge in [0.15, 0.2) is 6.61 Å². The van der Waals surface area contributed by atoms with Gasteiger partial charge >= 0.3 is 0 Å². The molecule has 1 unspecified atom stereocenters. The summed E-state index contributed by atoms with van der Waals surface area (Å²) in [6.07, 6.45) is 4.97. The third-order valence-electron chi connectivity index (χ3n) is 4.27. The Morgan fingerprint density at radius 1 is 1.39 bits per heavy atom. The summed E-state index contributed by atoms with van der Waals surface area (Å²) in [6, 6.07) is 5.66. The summed E-state index contributed by atoms with van der Waals surface area (Å²) in [4.78, 5) is 11.8. The molecular formula is C18H23NO4. The van der Waals surface area contributed by atoms with E-state index in [1.807, 2.05) is 25.1 Å². The smallest absolute Gasteiger partial charge is 0.258 e. The highest BCUT2D eigenvalue weighted by molar-refractivity contribution is 5.84. The van der Waals surface area contributed by atoms with E-state index in [1.54, 1.807) is 0 Å². The summed E-state index contributed by atoms with van der Waals surface area (Å²) in [5, 5.41) is 12.7. The lowest BCUT2D eigenvalue weighted by atomic mass is 9.96. The van der Waals surface area contributed by atoms with Crippen LogP contribution in [0, 0.1) is 0 Å². The molecule has 5 heteroatoms. The van der Waals surface area contributed by atoms with E-state index in [9.17, 15) is 4.79 Å². The highest BCUT2D eigenvalue weighted by Gasteiger charge is 2.18. The van der Waals surface area contributed by atoms with Crippen molar-refractivity contribution in [1.82, 2.24) is 5.32 Å². The first-order chi connectivity index (χ1) is 11.2. The molecule has 0 bridgehead atoms. The Morgan fingerprint density at radius 2 is 2.22 bits per heavy atom. The summed E-state index contributed by atoms with van der Waals surface area (Å²) in [5.74, 6) is 1.59. The molecule has 0 fully saturated rings. The minimum Gasteiger partial charge on any atom is -0.484 e. The quantitative estimate of drug-likeness (QED) is 0.859. The van der Waals surface area contributed by atoms with Crippen LogP contribution < -0.4 is 10.1 Å². The molecular weight excluding hydrogens is 294 g/mol. The number of aliphatic hydroxyl groups is 1. The molecule has 23 heavy (non-hydrogen) atoms. The lowest BCUT2D eigenvalue weighted by molar-refractivity contribution is -0.123. The van der Waals surface area contributed by atoms with Crippen LogP contribution in [0.25, 0.3) is 11.0 Å².